The number of nitrogens with two attached hydrogens (primary N) is 1. The number of carbonyl (C=O) groups is 2. The number of likely N-dealkylation sites (tertiary alicyclic amines) is 1. The molecule has 2 aliphatic heterocycles. The molecule has 7 nitrogen and oxygen atoms in total. The minimum atomic E-state index is -0.606. The number of hydrogen-bond donors (Lipinski definition) is 1. The smallest absolute Gasteiger partial charge is 0.410 e. The number of piperidine rings is 1. The van der Waals surface area contributed by atoms with Gasteiger partial charge in [-0.3, -0.25) is 4.79 Å². The predicted molar refractivity (Wildman–Crippen MR) is 99.7 cm³/mol. The molecule has 0 bridgehead atoms. The molecule has 0 aromatic carbocycles. The maximum absolute atomic E-state index is 12.4. The fourth-order valence-electron chi connectivity index (χ4n) is 4.15. The molecule has 0 aromatic heterocycles. The Morgan fingerprint density at radius 1 is 1.27 bits per heavy atom. The molecule has 1 spiro atoms. The quantitative estimate of drug-likeness (QED) is 0.734. The lowest BCUT2D eigenvalue weighted by molar-refractivity contribution is -0.137. The maximum Gasteiger partial charge on any atom is 0.410 e. The van der Waals surface area contributed by atoms with E-state index in [0.29, 0.717) is 38.4 Å². The number of amides is 2. The summed E-state index contributed by atoms with van der Waals surface area (Å²) in [7, 11) is 2.13. The van der Waals surface area contributed by atoms with Gasteiger partial charge in [-0.1, -0.05) is 13.8 Å². The summed E-state index contributed by atoms with van der Waals surface area (Å²) in [6, 6.07) is 0. The van der Waals surface area contributed by atoms with Gasteiger partial charge < -0.3 is 25.2 Å². The normalized spacial score (nSPS) is 23.8. The monoisotopic (exact) mass is 366 g/mol. The molecule has 26 heavy (non-hydrogen) atoms. The number of hydrogen-bond acceptors (Lipinski definition) is 5. The van der Waals surface area contributed by atoms with Gasteiger partial charge in [0, 0.05) is 39.0 Å². The molecular formula is C19H34N4O3. The zero-order chi connectivity index (χ0) is 18.9. The average Bonchev–Trinajstić information content (AvgIpc) is 3.25. The van der Waals surface area contributed by atoms with Crippen LogP contribution < -0.4 is 5.73 Å². The van der Waals surface area contributed by atoms with E-state index in [1.807, 2.05) is 9.80 Å². The van der Waals surface area contributed by atoms with E-state index in [1.165, 1.54) is 0 Å². The first-order chi connectivity index (χ1) is 12.2. The van der Waals surface area contributed by atoms with Crippen LogP contribution in [-0.4, -0.2) is 84.2 Å². The second-order valence-electron chi connectivity index (χ2n) is 8.93. The summed E-state index contributed by atoms with van der Waals surface area (Å²) in [4.78, 5) is 30.7. The van der Waals surface area contributed by atoms with Gasteiger partial charge in [0.25, 0.3) is 0 Å². The molecular weight excluding hydrogens is 332 g/mol. The van der Waals surface area contributed by atoms with Gasteiger partial charge in [-0.15, -0.1) is 0 Å². The van der Waals surface area contributed by atoms with E-state index in [-0.39, 0.29) is 12.0 Å². The van der Waals surface area contributed by atoms with E-state index in [1.54, 1.807) is 0 Å². The van der Waals surface area contributed by atoms with Gasteiger partial charge in [-0.2, -0.15) is 0 Å². The van der Waals surface area contributed by atoms with Crippen molar-refractivity contribution >= 4 is 12.0 Å². The van der Waals surface area contributed by atoms with Crippen LogP contribution in [-0.2, 0) is 9.53 Å². The molecule has 7 heteroatoms. The molecule has 3 fully saturated rings. The van der Waals surface area contributed by atoms with E-state index in [9.17, 15) is 9.59 Å². The van der Waals surface area contributed by atoms with Gasteiger partial charge in [-0.25, -0.2) is 4.79 Å². The number of ether oxygens (including phenoxy) is 1. The number of rotatable bonds is 7. The van der Waals surface area contributed by atoms with Gasteiger partial charge >= 0.3 is 6.09 Å². The highest BCUT2D eigenvalue weighted by Crippen LogP contribution is 2.38. The van der Waals surface area contributed by atoms with Gasteiger partial charge in [0.2, 0.25) is 5.91 Å². The Labute approximate surface area is 156 Å². The van der Waals surface area contributed by atoms with E-state index in [0.717, 1.165) is 38.9 Å². The summed E-state index contributed by atoms with van der Waals surface area (Å²) in [6.07, 6.45) is 3.76. The first-order valence-corrected chi connectivity index (χ1v) is 9.98. The van der Waals surface area contributed by atoms with Crippen LogP contribution in [0.25, 0.3) is 0 Å². The molecule has 3 aliphatic rings. The Morgan fingerprint density at radius 3 is 2.50 bits per heavy atom. The molecule has 1 aliphatic carbocycles. The van der Waals surface area contributed by atoms with Crippen molar-refractivity contribution in [1.82, 2.24) is 14.7 Å². The van der Waals surface area contributed by atoms with Crippen molar-refractivity contribution < 1.29 is 14.3 Å². The van der Waals surface area contributed by atoms with Crippen LogP contribution >= 0.6 is 0 Å². The fraction of sp³-hybridized carbons (Fsp3) is 0.895. The molecule has 1 saturated carbocycles. The summed E-state index contributed by atoms with van der Waals surface area (Å²) in [5.41, 5.74) is 5.01. The van der Waals surface area contributed by atoms with E-state index in [2.05, 4.69) is 25.8 Å². The molecule has 0 unspecified atom stereocenters. The lowest BCUT2D eigenvalue weighted by atomic mass is 9.91. The Balaban J connectivity index is 1.43. The maximum atomic E-state index is 12.4. The molecule has 0 radical (unpaired) electrons. The minimum absolute atomic E-state index is 0.0710. The van der Waals surface area contributed by atoms with Gasteiger partial charge in [0.05, 0.1) is 12.1 Å². The Bertz CT molecular complexity index is 539. The third-order valence-electron chi connectivity index (χ3n) is 5.86. The van der Waals surface area contributed by atoms with Gasteiger partial charge in [-0.05, 0) is 38.8 Å². The first kappa shape index (κ1) is 19.4. The third-order valence-corrected chi connectivity index (χ3v) is 5.86. The molecule has 2 heterocycles. The van der Waals surface area contributed by atoms with E-state index >= 15 is 0 Å². The topological polar surface area (TPSA) is 79.1 Å². The van der Waals surface area contributed by atoms with Gasteiger partial charge in [0.15, 0.2) is 0 Å². The van der Waals surface area contributed by atoms with Gasteiger partial charge in [0.1, 0.15) is 5.60 Å². The Hall–Kier alpha value is -1.34. The molecule has 3 rings (SSSR count). The molecule has 2 N–H and O–H groups in total. The van der Waals surface area contributed by atoms with Crippen molar-refractivity contribution in [3.05, 3.63) is 0 Å². The predicted octanol–water partition coefficient (Wildman–Crippen LogP) is 1.27. The highest BCUT2D eigenvalue weighted by atomic mass is 16.6. The zero-order valence-electron chi connectivity index (χ0n) is 16.5. The van der Waals surface area contributed by atoms with Crippen LogP contribution in [0.15, 0.2) is 0 Å². The number of carbonyl (C=O) groups excluding carboxylic acids is 2. The summed E-state index contributed by atoms with van der Waals surface area (Å²) >= 11 is 0. The molecule has 148 valence electrons. The number of nitrogens with zero attached hydrogens (tertiary/aromatic N) is 3. The molecule has 0 aromatic rings. The van der Waals surface area contributed by atoms with Crippen LogP contribution in [0.2, 0.25) is 0 Å². The highest BCUT2D eigenvalue weighted by Gasteiger charge is 2.52. The Morgan fingerprint density at radius 2 is 1.92 bits per heavy atom. The van der Waals surface area contributed by atoms with Crippen molar-refractivity contribution in [2.24, 2.45) is 11.7 Å². The lowest BCUT2D eigenvalue weighted by Gasteiger charge is -2.38. The molecule has 0 atom stereocenters. The first-order valence-electron chi connectivity index (χ1n) is 9.98. The summed E-state index contributed by atoms with van der Waals surface area (Å²) in [5, 5.41) is 0. The van der Waals surface area contributed by atoms with Crippen molar-refractivity contribution in [3.8, 4) is 0 Å². The molecule has 2 saturated heterocycles. The second-order valence-corrected chi connectivity index (χ2v) is 8.93. The fourth-order valence-corrected chi connectivity index (χ4v) is 4.15. The van der Waals surface area contributed by atoms with Crippen molar-refractivity contribution in [2.45, 2.75) is 57.1 Å². The standard InChI is InChI=1S/C19H34N4O3/c1-15(2)13-21(3)9-4-10-23-14-18(26-17(23)25)7-11-22(12-8-18)16(24)19(20)5-6-19/h15H,4-14,20H2,1-3H3. The lowest BCUT2D eigenvalue weighted by Crippen LogP contribution is -2.53. The second kappa shape index (κ2) is 7.35. The SMILES string of the molecule is CC(C)CN(C)CCCN1CC2(CCN(C(=O)C3(N)CC3)CC2)OC1=O. The van der Waals surface area contributed by atoms with Crippen LogP contribution in [0.5, 0.6) is 0 Å². The average molecular weight is 367 g/mol. The van der Waals surface area contributed by atoms with Crippen LogP contribution in [0.4, 0.5) is 4.79 Å². The van der Waals surface area contributed by atoms with Crippen molar-refractivity contribution in [1.29, 1.82) is 0 Å². The Kier molecular flexibility index (Phi) is 5.49. The van der Waals surface area contributed by atoms with Crippen LogP contribution in [0.3, 0.4) is 0 Å². The molecule has 2 amide bonds. The van der Waals surface area contributed by atoms with Crippen molar-refractivity contribution in [3.63, 3.8) is 0 Å². The van der Waals surface area contributed by atoms with E-state index in [4.69, 9.17) is 10.5 Å². The third kappa shape index (κ3) is 4.31. The van der Waals surface area contributed by atoms with E-state index < -0.39 is 11.1 Å². The summed E-state index contributed by atoms with van der Waals surface area (Å²) in [6.45, 7) is 9.13. The minimum Gasteiger partial charge on any atom is -0.441 e. The van der Waals surface area contributed by atoms with Crippen LogP contribution in [0.1, 0.15) is 46.0 Å². The van der Waals surface area contributed by atoms with Crippen LogP contribution in [0, 0.1) is 5.92 Å². The largest absolute Gasteiger partial charge is 0.441 e. The zero-order valence-corrected chi connectivity index (χ0v) is 16.5. The summed E-state index contributed by atoms with van der Waals surface area (Å²) < 4.78 is 5.76. The summed E-state index contributed by atoms with van der Waals surface area (Å²) in [5.74, 6) is 0.720. The van der Waals surface area contributed by atoms with Crippen molar-refractivity contribution in [2.75, 3.05) is 46.3 Å². The highest BCUT2D eigenvalue weighted by molar-refractivity contribution is 5.89.